The highest BCUT2D eigenvalue weighted by molar-refractivity contribution is 6.03. The molecule has 0 saturated carbocycles. The van der Waals surface area contributed by atoms with E-state index in [2.05, 4.69) is 19.9 Å². The van der Waals surface area contributed by atoms with Gasteiger partial charge >= 0.3 is 5.97 Å². The number of hydrogen-bond donors (Lipinski definition) is 3. The van der Waals surface area contributed by atoms with E-state index in [0.717, 1.165) is 10.9 Å². The molecule has 3 rings (SSSR count). The number of anilines is 2. The van der Waals surface area contributed by atoms with Gasteiger partial charge in [-0.15, -0.1) is 0 Å². The summed E-state index contributed by atoms with van der Waals surface area (Å²) in [5, 5.41) is 0.789. The predicted molar refractivity (Wildman–Crippen MR) is 76.1 cm³/mol. The topological polar surface area (TPSA) is 133 Å². The van der Waals surface area contributed by atoms with Crippen LogP contribution >= 0.6 is 0 Å². The van der Waals surface area contributed by atoms with Crippen LogP contribution in [0.1, 0.15) is 16.2 Å². The van der Waals surface area contributed by atoms with Crippen molar-refractivity contribution >= 4 is 28.8 Å². The van der Waals surface area contributed by atoms with Crippen LogP contribution in [0.15, 0.2) is 30.5 Å². The second kappa shape index (κ2) is 5.08. The number of carbonyl (C=O) groups excluding carboxylic acids is 1. The van der Waals surface area contributed by atoms with Crippen LogP contribution in [0.2, 0.25) is 0 Å². The normalized spacial score (nSPS) is 10.7. The first-order chi connectivity index (χ1) is 10.1. The second-order valence-electron chi connectivity index (χ2n) is 4.29. The first kappa shape index (κ1) is 12.9. The lowest BCUT2D eigenvalue weighted by Gasteiger charge is -2.04. The molecular weight excluding hydrogens is 272 g/mol. The summed E-state index contributed by atoms with van der Waals surface area (Å²) in [7, 11) is 0. The fraction of sp³-hybridized carbons (Fsp3) is 0.0769. The lowest BCUT2D eigenvalue weighted by Crippen LogP contribution is -2.11. The molecule has 0 unspecified atom stereocenters. The van der Waals surface area contributed by atoms with E-state index in [1.165, 1.54) is 0 Å². The highest BCUT2D eigenvalue weighted by atomic mass is 16.5. The van der Waals surface area contributed by atoms with E-state index in [1.807, 2.05) is 24.3 Å². The molecule has 0 bridgehead atoms. The minimum Gasteiger partial charge on any atom is -0.454 e. The Bertz CT molecular complexity index is 793. The first-order valence-corrected chi connectivity index (χ1v) is 6.12. The van der Waals surface area contributed by atoms with Crippen molar-refractivity contribution < 1.29 is 9.53 Å². The molecule has 0 atom stereocenters. The highest BCUT2D eigenvalue weighted by Gasteiger charge is 2.14. The smallest absolute Gasteiger partial charge is 0.340 e. The molecule has 0 radical (unpaired) electrons. The number of H-pyrrole nitrogens is 1. The summed E-state index contributed by atoms with van der Waals surface area (Å²) >= 11 is 0. The molecule has 21 heavy (non-hydrogen) atoms. The number of nitrogens with zero attached hydrogens (tertiary/aromatic N) is 3. The van der Waals surface area contributed by atoms with Crippen molar-refractivity contribution in [2.75, 3.05) is 11.5 Å². The van der Waals surface area contributed by atoms with Gasteiger partial charge in [0.25, 0.3) is 0 Å². The van der Waals surface area contributed by atoms with Crippen LogP contribution in [0.25, 0.3) is 10.9 Å². The molecule has 0 amide bonds. The zero-order valence-electron chi connectivity index (χ0n) is 10.9. The number of carbonyl (C=O) groups is 1. The van der Waals surface area contributed by atoms with Crippen LogP contribution in [0.4, 0.5) is 11.9 Å². The fourth-order valence-corrected chi connectivity index (χ4v) is 1.97. The largest absolute Gasteiger partial charge is 0.454 e. The van der Waals surface area contributed by atoms with Crippen LogP contribution in [0, 0.1) is 0 Å². The van der Waals surface area contributed by atoms with E-state index >= 15 is 0 Å². The van der Waals surface area contributed by atoms with E-state index in [1.54, 1.807) is 6.20 Å². The van der Waals surface area contributed by atoms with Gasteiger partial charge in [-0.2, -0.15) is 15.0 Å². The molecular formula is C13H12N6O2. The maximum absolute atomic E-state index is 12.1. The molecule has 0 aliphatic carbocycles. The Labute approximate surface area is 119 Å². The Hall–Kier alpha value is -3.16. The van der Waals surface area contributed by atoms with Gasteiger partial charge in [0.1, 0.15) is 0 Å². The molecule has 0 fully saturated rings. The summed E-state index contributed by atoms with van der Waals surface area (Å²) in [5.74, 6) is -0.306. The van der Waals surface area contributed by atoms with Crippen molar-refractivity contribution in [2.45, 2.75) is 6.61 Å². The minimum absolute atomic E-state index is 0.0133. The zero-order chi connectivity index (χ0) is 14.8. The summed E-state index contributed by atoms with van der Waals surface area (Å²) < 4.78 is 5.17. The van der Waals surface area contributed by atoms with Gasteiger partial charge in [0.2, 0.25) is 11.9 Å². The van der Waals surface area contributed by atoms with Crippen molar-refractivity contribution in [2.24, 2.45) is 0 Å². The van der Waals surface area contributed by atoms with Gasteiger partial charge in [0.05, 0.1) is 5.56 Å². The number of benzene rings is 1. The van der Waals surface area contributed by atoms with Crippen LogP contribution in [-0.2, 0) is 11.3 Å². The van der Waals surface area contributed by atoms with Gasteiger partial charge in [-0.05, 0) is 6.07 Å². The SMILES string of the molecule is Nc1nc(N)nc(COC(=O)c2c[nH]c3ccccc23)n1. The second-order valence-corrected chi connectivity index (χ2v) is 4.29. The number of hydrogen-bond acceptors (Lipinski definition) is 7. The van der Waals surface area contributed by atoms with Gasteiger partial charge in [0, 0.05) is 17.1 Å². The maximum atomic E-state index is 12.1. The predicted octanol–water partition coefficient (Wildman–Crippen LogP) is 0.874. The number of fused-ring (bicyclic) bond motifs is 1. The molecule has 5 N–H and O–H groups in total. The molecule has 0 aliphatic heterocycles. The molecule has 2 aromatic heterocycles. The maximum Gasteiger partial charge on any atom is 0.340 e. The number of aromatic amines is 1. The first-order valence-electron chi connectivity index (χ1n) is 6.12. The number of nitrogens with two attached hydrogens (primary N) is 2. The molecule has 3 aromatic rings. The molecule has 106 valence electrons. The van der Waals surface area contributed by atoms with Crippen molar-refractivity contribution in [3.63, 3.8) is 0 Å². The number of ether oxygens (including phenoxy) is 1. The Morgan fingerprint density at radius 1 is 1.14 bits per heavy atom. The summed E-state index contributed by atoms with van der Waals surface area (Å²) in [6.45, 7) is -0.130. The number of nitrogens with one attached hydrogen (secondary N) is 1. The molecule has 0 spiro atoms. The average molecular weight is 284 g/mol. The number of nitrogen functional groups attached to an aromatic ring is 2. The van der Waals surface area contributed by atoms with Crippen molar-refractivity contribution in [1.82, 2.24) is 19.9 Å². The van der Waals surface area contributed by atoms with Gasteiger partial charge in [-0.3, -0.25) is 0 Å². The minimum atomic E-state index is -0.481. The molecule has 8 heteroatoms. The standard InChI is InChI=1S/C13H12N6O2/c14-12-17-10(18-13(15)19-12)6-21-11(20)8-5-16-9-4-2-1-3-7(8)9/h1-5,16H,6H2,(H4,14,15,17,18,19). The summed E-state index contributed by atoms with van der Waals surface area (Å²) in [6, 6.07) is 7.44. The quantitative estimate of drug-likeness (QED) is 0.608. The Morgan fingerprint density at radius 3 is 2.62 bits per heavy atom. The Kier molecular flexibility index (Phi) is 3.11. The van der Waals surface area contributed by atoms with E-state index in [0.29, 0.717) is 5.56 Å². The zero-order valence-corrected chi connectivity index (χ0v) is 10.9. The van der Waals surface area contributed by atoms with E-state index < -0.39 is 5.97 Å². The van der Waals surface area contributed by atoms with Crippen molar-refractivity contribution in [3.05, 3.63) is 41.9 Å². The molecule has 2 heterocycles. The molecule has 0 aliphatic rings. The number of aromatic nitrogens is 4. The van der Waals surface area contributed by atoms with Gasteiger partial charge in [-0.1, -0.05) is 18.2 Å². The lowest BCUT2D eigenvalue weighted by molar-refractivity contribution is 0.0464. The number of para-hydroxylation sites is 1. The van der Waals surface area contributed by atoms with Crippen molar-refractivity contribution in [3.8, 4) is 0 Å². The van der Waals surface area contributed by atoms with E-state index in [4.69, 9.17) is 16.2 Å². The van der Waals surface area contributed by atoms with Crippen LogP contribution in [-0.4, -0.2) is 25.9 Å². The third kappa shape index (κ3) is 2.59. The summed E-state index contributed by atoms with van der Waals surface area (Å²) in [4.78, 5) is 26.4. The number of esters is 1. The van der Waals surface area contributed by atoms with Crippen LogP contribution in [0.3, 0.4) is 0 Å². The van der Waals surface area contributed by atoms with Crippen LogP contribution < -0.4 is 11.5 Å². The summed E-state index contributed by atoms with van der Waals surface area (Å²) in [5.41, 5.74) is 12.2. The fourth-order valence-electron chi connectivity index (χ4n) is 1.97. The van der Waals surface area contributed by atoms with Crippen LogP contribution in [0.5, 0.6) is 0 Å². The third-order valence-electron chi connectivity index (χ3n) is 2.86. The monoisotopic (exact) mass is 284 g/mol. The van der Waals surface area contributed by atoms with Crippen molar-refractivity contribution in [1.29, 1.82) is 0 Å². The highest BCUT2D eigenvalue weighted by Crippen LogP contribution is 2.18. The van der Waals surface area contributed by atoms with E-state index in [-0.39, 0.29) is 24.3 Å². The Morgan fingerprint density at radius 2 is 1.86 bits per heavy atom. The molecule has 1 aromatic carbocycles. The summed E-state index contributed by atoms with van der Waals surface area (Å²) in [6.07, 6.45) is 1.60. The lowest BCUT2D eigenvalue weighted by atomic mass is 10.2. The molecule has 8 nitrogen and oxygen atoms in total. The van der Waals surface area contributed by atoms with Gasteiger partial charge < -0.3 is 21.2 Å². The van der Waals surface area contributed by atoms with E-state index in [9.17, 15) is 4.79 Å². The van der Waals surface area contributed by atoms with Gasteiger partial charge in [0.15, 0.2) is 12.4 Å². The number of rotatable bonds is 3. The molecule has 0 saturated heterocycles. The average Bonchev–Trinajstić information content (AvgIpc) is 2.88. The Balaban J connectivity index is 1.77. The van der Waals surface area contributed by atoms with Gasteiger partial charge in [-0.25, -0.2) is 4.79 Å². The third-order valence-corrected chi connectivity index (χ3v) is 2.86.